The van der Waals surface area contributed by atoms with Crippen molar-refractivity contribution < 1.29 is 0 Å². The van der Waals surface area contributed by atoms with Gasteiger partial charge in [-0.3, -0.25) is 0 Å². The van der Waals surface area contributed by atoms with E-state index in [-0.39, 0.29) is 0 Å². The Morgan fingerprint density at radius 3 is 2.88 bits per heavy atom. The summed E-state index contributed by atoms with van der Waals surface area (Å²) >= 11 is 0. The molecule has 1 nitrogen and oxygen atoms in total. The molecule has 2 rings (SSSR count). The summed E-state index contributed by atoms with van der Waals surface area (Å²) in [4.78, 5) is 0. The number of fused-ring (bicyclic) bond motifs is 1. The monoisotopic (exact) mass is 215 g/mol. The average Bonchev–Trinajstić information content (AvgIpc) is 2.34. The van der Waals surface area contributed by atoms with Gasteiger partial charge in [0.15, 0.2) is 0 Å². The van der Waals surface area contributed by atoms with Crippen molar-refractivity contribution in [3.8, 4) is 0 Å². The Labute approximate surface area is 98.6 Å². The minimum absolute atomic E-state index is 1.09. The zero-order valence-electron chi connectivity index (χ0n) is 10.1. The molecule has 0 bridgehead atoms. The SMILES string of the molecule is CCCCCCC1=CCc2ccccc2N1. The van der Waals surface area contributed by atoms with Crippen molar-refractivity contribution in [2.45, 2.75) is 45.4 Å². The number of anilines is 1. The first-order valence-corrected chi connectivity index (χ1v) is 6.44. The molecule has 0 aromatic heterocycles. The Morgan fingerprint density at radius 1 is 1.12 bits per heavy atom. The lowest BCUT2D eigenvalue weighted by molar-refractivity contribution is 0.664. The number of allylic oxidation sites excluding steroid dienone is 2. The first kappa shape index (κ1) is 11.3. The van der Waals surface area contributed by atoms with Gasteiger partial charge < -0.3 is 5.32 Å². The van der Waals surface area contributed by atoms with Crippen LogP contribution in [0.25, 0.3) is 0 Å². The zero-order chi connectivity index (χ0) is 11.2. The van der Waals surface area contributed by atoms with E-state index in [1.54, 1.807) is 0 Å². The topological polar surface area (TPSA) is 12.0 Å². The Morgan fingerprint density at radius 2 is 2.00 bits per heavy atom. The van der Waals surface area contributed by atoms with Crippen molar-refractivity contribution in [1.29, 1.82) is 0 Å². The molecule has 0 saturated heterocycles. The van der Waals surface area contributed by atoms with Crippen molar-refractivity contribution in [3.05, 3.63) is 41.6 Å². The number of nitrogens with one attached hydrogen (secondary N) is 1. The van der Waals surface area contributed by atoms with Crippen LogP contribution in [0.4, 0.5) is 5.69 Å². The van der Waals surface area contributed by atoms with E-state index >= 15 is 0 Å². The minimum atomic E-state index is 1.09. The van der Waals surface area contributed by atoms with Crippen LogP contribution in [0.2, 0.25) is 0 Å². The fraction of sp³-hybridized carbons (Fsp3) is 0.467. The Bertz CT molecular complexity index is 365. The van der Waals surface area contributed by atoms with Gasteiger partial charge in [-0.1, -0.05) is 50.5 Å². The lowest BCUT2D eigenvalue weighted by Gasteiger charge is -2.19. The third-order valence-electron chi connectivity index (χ3n) is 3.18. The number of hydrogen-bond acceptors (Lipinski definition) is 1. The maximum Gasteiger partial charge on any atom is 0.0417 e. The molecule has 1 aromatic rings. The van der Waals surface area contributed by atoms with Gasteiger partial charge in [0.25, 0.3) is 0 Å². The van der Waals surface area contributed by atoms with Crippen LogP contribution in [0.15, 0.2) is 36.0 Å². The fourth-order valence-electron chi connectivity index (χ4n) is 2.18. The highest BCUT2D eigenvalue weighted by Gasteiger charge is 2.08. The molecule has 0 fully saturated rings. The molecule has 0 aliphatic carbocycles. The number of para-hydroxylation sites is 1. The summed E-state index contributed by atoms with van der Waals surface area (Å²) < 4.78 is 0. The van der Waals surface area contributed by atoms with E-state index in [9.17, 15) is 0 Å². The van der Waals surface area contributed by atoms with Crippen molar-refractivity contribution in [2.24, 2.45) is 0 Å². The average molecular weight is 215 g/mol. The van der Waals surface area contributed by atoms with Crippen LogP contribution in [0.5, 0.6) is 0 Å². The maximum atomic E-state index is 3.53. The standard InChI is InChI=1S/C15H21N/c1-2-3-4-5-9-14-12-11-13-8-6-7-10-15(13)16-14/h6-8,10,12,16H,2-5,9,11H2,1H3. The summed E-state index contributed by atoms with van der Waals surface area (Å²) in [5.74, 6) is 0. The molecule has 0 spiro atoms. The third kappa shape index (κ3) is 2.88. The maximum absolute atomic E-state index is 3.53. The highest BCUT2D eigenvalue weighted by Crippen LogP contribution is 2.25. The van der Waals surface area contributed by atoms with Crippen LogP contribution in [0.1, 0.15) is 44.6 Å². The van der Waals surface area contributed by atoms with E-state index in [0.29, 0.717) is 0 Å². The van der Waals surface area contributed by atoms with Crippen LogP contribution in [0, 0.1) is 0 Å². The van der Waals surface area contributed by atoms with Gasteiger partial charge in [0.1, 0.15) is 0 Å². The molecule has 1 aliphatic heterocycles. The molecular formula is C15H21N. The molecule has 1 heterocycles. The predicted molar refractivity (Wildman–Crippen MR) is 70.6 cm³/mol. The molecule has 16 heavy (non-hydrogen) atoms. The lowest BCUT2D eigenvalue weighted by Crippen LogP contribution is -2.07. The van der Waals surface area contributed by atoms with E-state index in [4.69, 9.17) is 0 Å². The first-order valence-electron chi connectivity index (χ1n) is 6.44. The van der Waals surface area contributed by atoms with E-state index in [2.05, 4.69) is 42.6 Å². The quantitative estimate of drug-likeness (QED) is 0.713. The van der Waals surface area contributed by atoms with Gasteiger partial charge in [-0.2, -0.15) is 0 Å². The Kier molecular flexibility index (Phi) is 4.03. The molecule has 1 aliphatic rings. The van der Waals surface area contributed by atoms with E-state index in [0.717, 1.165) is 6.42 Å². The van der Waals surface area contributed by atoms with Crippen LogP contribution < -0.4 is 5.32 Å². The van der Waals surface area contributed by atoms with Gasteiger partial charge >= 0.3 is 0 Å². The molecule has 1 aromatic carbocycles. The molecular weight excluding hydrogens is 194 g/mol. The van der Waals surface area contributed by atoms with Crippen molar-refractivity contribution >= 4 is 5.69 Å². The van der Waals surface area contributed by atoms with Gasteiger partial charge in [-0.05, 0) is 30.9 Å². The number of hydrogen-bond donors (Lipinski definition) is 1. The number of benzene rings is 1. The highest BCUT2D eigenvalue weighted by atomic mass is 14.9. The molecule has 0 amide bonds. The Hall–Kier alpha value is -1.24. The zero-order valence-corrected chi connectivity index (χ0v) is 10.1. The van der Waals surface area contributed by atoms with Crippen molar-refractivity contribution in [1.82, 2.24) is 0 Å². The molecule has 1 N–H and O–H groups in total. The summed E-state index contributed by atoms with van der Waals surface area (Å²) in [7, 11) is 0. The lowest BCUT2D eigenvalue weighted by atomic mass is 10.0. The second-order valence-electron chi connectivity index (χ2n) is 4.53. The second kappa shape index (κ2) is 5.74. The van der Waals surface area contributed by atoms with Gasteiger partial charge in [-0.15, -0.1) is 0 Å². The van der Waals surface area contributed by atoms with E-state index in [1.165, 1.54) is 49.1 Å². The normalized spacial score (nSPS) is 13.9. The van der Waals surface area contributed by atoms with Crippen LogP contribution >= 0.6 is 0 Å². The third-order valence-corrected chi connectivity index (χ3v) is 3.18. The molecule has 0 radical (unpaired) electrons. The van der Waals surface area contributed by atoms with Gasteiger partial charge in [0.05, 0.1) is 0 Å². The van der Waals surface area contributed by atoms with E-state index in [1.807, 2.05) is 0 Å². The summed E-state index contributed by atoms with van der Waals surface area (Å²) in [5, 5.41) is 3.53. The predicted octanol–water partition coefficient (Wildman–Crippen LogP) is 4.51. The van der Waals surface area contributed by atoms with Crippen molar-refractivity contribution in [3.63, 3.8) is 0 Å². The first-order chi connectivity index (χ1) is 7.90. The minimum Gasteiger partial charge on any atom is -0.359 e. The van der Waals surface area contributed by atoms with Crippen LogP contribution in [0.3, 0.4) is 0 Å². The molecule has 1 heteroatoms. The summed E-state index contributed by atoms with van der Waals surface area (Å²) in [5.41, 5.74) is 4.13. The molecule has 0 saturated carbocycles. The summed E-state index contributed by atoms with van der Waals surface area (Å²) in [6.07, 6.45) is 9.99. The highest BCUT2D eigenvalue weighted by molar-refractivity contribution is 5.58. The van der Waals surface area contributed by atoms with Gasteiger partial charge in [0, 0.05) is 11.4 Å². The Balaban J connectivity index is 1.84. The largest absolute Gasteiger partial charge is 0.359 e. The molecule has 0 unspecified atom stereocenters. The number of rotatable bonds is 5. The van der Waals surface area contributed by atoms with Crippen LogP contribution in [-0.4, -0.2) is 0 Å². The molecule has 0 atom stereocenters. The number of unbranched alkanes of at least 4 members (excludes halogenated alkanes) is 3. The van der Waals surface area contributed by atoms with Crippen molar-refractivity contribution in [2.75, 3.05) is 5.32 Å². The molecule has 86 valence electrons. The van der Waals surface area contributed by atoms with Gasteiger partial charge in [-0.25, -0.2) is 0 Å². The second-order valence-corrected chi connectivity index (χ2v) is 4.53. The summed E-state index contributed by atoms with van der Waals surface area (Å²) in [6, 6.07) is 8.59. The van der Waals surface area contributed by atoms with E-state index < -0.39 is 0 Å². The fourth-order valence-corrected chi connectivity index (χ4v) is 2.18. The van der Waals surface area contributed by atoms with Gasteiger partial charge in [0.2, 0.25) is 0 Å². The smallest absolute Gasteiger partial charge is 0.0417 e. The summed E-state index contributed by atoms with van der Waals surface area (Å²) in [6.45, 7) is 2.26. The van der Waals surface area contributed by atoms with Crippen LogP contribution in [-0.2, 0) is 6.42 Å².